The number of anilines is 1. The molecule has 0 bridgehead atoms. The molecular weight excluding hydrogens is 262 g/mol. The molecule has 0 saturated heterocycles. The average molecular weight is 276 g/mol. The molecule has 7 nitrogen and oxygen atoms in total. The lowest BCUT2D eigenvalue weighted by molar-refractivity contribution is -0.384. The number of phenolic OH excluding ortho intramolecular Hbond substituents is 1. The topological polar surface area (TPSA) is 104 Å². The normalized spacial score (nSPS) is 9.39. The number of nitrogens with one attached hydrogen (secondary N) is 2. The first-order valence-corrected chi connectivity index (χ1v) is 4.96. The number of nitro benzene ring substituents is 1. The van der Waals surface area contributed by atoms with Crippen LogP contribution in [-0.4, -0.2) is 29.5 Å². The van der Waals surface area contributed by atoms with Crippen molar-refractivity contribution in [3.8, 4) is 5.75 Å². The number of phenols is 1. The van der Waals surface area contributed by atoms with E-state index in [1.54, 1.807) is 7.05 Å². The van der Waals surface area contributed by atoms with Gasteiger partial charge < -0.3 is 15.7 Å². The van der Waals surface area contributed by atoms with Gasteiger partial charge in [-0.2, -0.15) is 0 Å². The highest BCUT2D eigenvalue weighted by Crippen LogP contribution is 2.27. The van der Waals surface area contributed by atoms with Crippen LogP contribution in [0.1, 0.15) is 6.42 Å². The van der Waals surface area contributed by atoms with Gasteiger partial charge in [0, 0.05) is 25.1 Å². The van der Waals surface area contributed by atoms with Crippen LogP contribution in [0.15, 0.2) is 18.2 Å². The van der Waals surface area contributed by atoms with E-state index in [-0.39, 0.29) is 41.9 Å². The summed E-state index contributed by atoms with van der Waals surface area (Å²) in [6, 6.07) is 3.46. The fourth-order valence-electron chi connectivity index (χ4n) is 1.19. The Morgan fingerprint density at radius 3 is 2.72 bits per heavy atom. The van der Waals surface area contributed by atoms with Gasteiger partial charge in [0.25, 0.3) is 5.69 Å². The van der Waals surface area contributed by atoms with E-state index in [2.05, 4.69) is 10.6 Å². The minimum atomic E-state index is -0.595. The van der Waals surface area contributed by atoms with Crippen molar-refractivity contribution in [2.45, 2.75) is 6.42 Å². The molecule has 100 valence electrons. The van der Waals surface area contributed by atoms with Gasteiger partial charge >= 0.3 is 0 Å². The van der Waals surface area contributed by atoms with E-state index in [0.29, 0.717) is 6.54 Å². The molecule has 0 radical (unpaired) electrons. The van der Waals surface area contributed by atoms with Crippen LogP contribution in [-0.2, 0) is 4.79 Å². The molecular formula is C10H14ClN3O4. The fourth-order valence-corrected chi connectivity index (χ4v) is 1.19. The van der Waals surface area contributed by atoms with E-state index >= 15 is 0 Å². The molecule has 1 aromatic rings. The van der Waals surface area contributed by atoms with Crippen LogP contribution in [0.5, 0.6) is 5.75 Å². The fraction of sp³-hybridized carbons (Fsp3) is 0.300. The number of halogens is 1. The predicted octanol–water partition coefficient (Wildman–Crippen LogP) is 1.27. The molecule has 18 heavy (non-hydrogen) atoms. The second-order valence-corrected chi connectivity index (χ2v) is 3.36. The largest absolute Gasteiger partial charge is 0.506 e. The maximum Gasteiger partial charge on any atom is 0.271 e. The first-order chi connectivity index (χ1) is 8.04. The lowest BCUT2D eigenvalue weighted by Crippen LogP contribution is -2.18. The first-order valence-electron chi connectivity index (χ1n) is 4.96. The van der Waals surface area contributed by atoms with Crippen molar-refractivity contribution in [3.63, 3.8) is 0 Å². The molecule has 0 aliphatic heterocycles. The Bertz CT molecular complexity index is 439. The number of benzene rings is 1. The molecule has 0 unspecified atom stereocenters. The Labute approximate surface area is 110 Å². The Morgan fingerprint density at radius 2 is 2.17 bits per heavy atom. The number of carbonyl (C=O) groups excluding carboxylic acids is 1. The molecule has 8 heteroatoms. The molecule has 0 atom stereocenters. The third-order valence-electron chi connectivity index (χ3n) is 2.07. The van der Waals surface area contributed by atoms with Crippen molar-refractivity contribution in [1.82, 2.24) is 5.32 Å². The molecule has 0 fully saturated rings. The second-order valence-electron chi connectivity index (χ2n) is 3.36. The summed E-state index contributed by atoms with van der Waals surface area (Å²) in [5, 5.41) is 25.2. The summed E-state index contributed by atoms with van der Waals surface area (Å²) in [6.07, 6.45) is 0.221. The molecule has 0 aliphatic rings. The number of rotatable bonds is 5. The quantitative estimate of drug-likeness (QED) is 0.426. The standard InChI is InChI=1S/C10H13N3O4.ClH/c1-11-5-4-10(15)12-8-6-7(13(16)17)2-3-9(8)14;/h2-3,6,11,14H,4-5H2,1H3,(H,12,15);1H. The van der Waals surface area contributed by atoms with Crippen LogP contribution in [0.25, 0.3) is 0 Å². The molecule has 0 aliphatic carbocycles. The van der Waals surface area contributed by atoms with Crippen molar-refractivity contribution in [1.29, 1.82) is 0 Å². The van der Waals surface area contributed by atoms with E-state index in [4.69, 9.17) is 0 Å². The molecule has 0 spiro atoms. The lowest BCUT2D eigenvalue weighted by Gasteiger charge is -2.06. The van der Waals surface area contributed by atoms with Gasteiger partial charge in [0.1, 0.15) is 5.75 Å². The van der Waals surface area contributed by atoms with Gasteiger partial charge in [-0.1, -0.05) is 0 Å². The minimum Gasteiger partial charge on any atom is -0.506 e. The minimum absolute atomic E-state index is 0. The van der Waals surface area contributed by atoms with Crippen molar-refractivity contribution in [2.24, 2.45) is 0 Å². The summed E-state index contributed by atoms with van der Waals surface area (Å²) in [4.78, 5) is 21.3. The van der Waals surface area contributed by atoms with Crippen molar-refractivity contribution >= 4 is 29.7 Å². The summed E-state index contributed by atoms with van der Waals surface area (Å²) < 4.78 is 0. The Morgan fingerprint density at radius 1 is 1.50 bits per heavy atom. The van der Waals surface area contributed by atoms with E-state index in [1.807, 2.05) is 0 Å². The van der Waals surface area contributed by atoms with Crippen molar-refractivity contribution in [3.05, 3.63) is 28.3 Å². The third-order valence-corrected chi connectivity index (χ3v) is 2.07. The summed E-state index contributed by atoms with van der Waals surface area (Å²) in [5.74, 6) is -0.524. The van der Waals surface area contributed by atoms with E-state index in [0.717, 1.165) is 6.07 Å². The summed E-state index contributed by atoms with van der Waals surface area (Å²) in [7, 11) is 1.71. The highest BCUT2D eigenvalue weighted by molar-refractivity contribution is 5.92. The SMILES string of the molecule is CNCCC(=O)Nc1cc([N+](=O)[O-])ccc1O.Cl. The van der Waals surface area contributed by atoms with Crippen molar-refractivity contribution < 1.29 is 14.8 Å². The van der Waals surface area contributed by atoms with Crippen LogP contribution in [0.3, 0.4) is 0 Å². The molecule has 0 heterocycles. The second kappa shape index (κ2) is 7.46. The molecule has 0 saturated carbocycles. The zero-order chi connectivity index (χ0) is 12.8. The Hall–Kier alpha value is -1.86. The molecule has 1 aromatic carbocycles. The lowest BCUT2D eigenvalue weighted by atomic mass is 10.2. The van der Waals surface area contributed by atoms with Gasteiger partial charge in [-0.25, -0.2) is 0 Å². The molecule has 0 aromatic heterocycles. The zero-order valence-corrected chi connectivity index (χ0v) is 10.5. The van der Waals surface area contributed by atoms with Crippen molar-refractivity contribution in [2.75, 3.05) is 18.9 Å². The zero-order valence-electron chi connectivity index (χ0n) is 9.67. The molecule has 1 rings (SSSR count). The number of hydrogen-bond acceptors (Lipinski definition) is 5. The van der Waals surface area contributed by atoms with Gasteiger partial charge in [0.2, 0.25) is 5.91 Å². The Balaban J connectivity index is 0.00000289. The van der Waals surface area contributed by atoms with Gasteiger partial charge in [-0.3, -0.25) is 14.9 Å². The third kappa shape index (κ3) is 4.56. The van der Waals surface area contributed by atoms with Gasteiger partial charge in [0.15, 0.2) is 0 Å². The first kappa shape index (κ1) is 16.1. The van der Waals surface area contributed by atoms with Crippen LogP contribution in [0.2, 0.25) is 0 Å². The number of non-ortho nitro benzene ring substituents is 1. The molecule has 3 N–H and O–H groups in total. The van der Waals surface area contributed by atoms with Crippen LogP contribution < -0.4 is 10.6 Å². The van der Waals surface area contributed by atoms with Crippen LogP contribution >= 0.6 is 12.4 Å². The van der Waals surface area contributed by atoms with Crippen LogP contribution in [0, 0.1) is 10.1 Å². The summed E-state index contributed by atoms with van der Waals surface area (Å²) in [5.41, 5.74) is -0.146. The monoisotopic (exact) mass is 275 g/mol. The van der Waals surface area contributed by atoms with Crippen LogP contribution in [0.4, 0.5) is 11.4 Å². The maximum atomic E-state index is 11.4. The number of nitro groups is 1. The summed E-state index contributed by atoms with van der Waals surface area (Å²) in [6.45, 7) is 0.488. The highest BCUT2D eigenvalue weighted by atomic mass is 35.5. The Kier molecular flexibility index (Phi) is 6.69. The van der Waals surface area contributed by atoms with E-state index in [1.165, 1.54) is 12.1 Å². The highest BCUT2D eigenvalue weighted by Gasteiger charge is 2.12. The molecule has 1 amide bonds. The van der Waals surface area contributed by atoms with E-state index in [9.17, 15) is 20.0 Å². The maximum absolute atomic E-state index is 11.4. The average Bonchev–Trinajstić information content (AvgIpc) is 2.29. The number of aromatic hydroxyl groups is 1. The van der Waals surface area contributed by atoms with Gasteiger partial charge in [-0.05, 0) is 13.1 Å². The van der Waals surface area contributed by atoms with E-state index < -0.39 is 4.92 Å². The number of amides is 1. The number of carbonyl (C=O) groups is 1. The number of nitrogens with zero attached hydrogens (tertiary/aromatic N) is 1. The summed E-state index contributed by atoms with van der Waals surface area (Å²) >= 11 is 0. The van der Waals surface area contributed by atoms with Gasteiger partial charge in [0.05, 0.1) is 10.6 Å². The number of hydrogen-bond donors (Lipinski definition) is 3. The predicted molar refractivity (Wildman–Crippen MR) is 69.2 cm³/mol. The smallest absolute Gasteiger partial charge is 0.271 e. The van der Waals surface area contributed by atoms with Gasteiger partial charge in [-0.15, -0.1) is 12.4 Å².